The predicted octanol–water partition coefficient (Wildman–Crippen LogP) is 8.30. The molecule has 7 heteroatoms. The van der Waals surface area contributed by atoms with Crippen LogP contribution in [0.25, 0.3) is 10.8 Å². The molecule has 0 saturated carbocycles. The zero-order valence-electron chi connectivity index (χ0n) is 23.8. The molecule has 6 rings (SSSR count). The Bertz CT molecular complexity index is 1860. The van der Waals surface area contributed by atoms with Crippen LogP contribution < -0.4 is 5.32 Å². The second-order valence-electron chi connectivity index (χ2n) is 10.6. The van der Waals surface area contributed by atoms with E-state index >= 15 is 0 Å². The molecule has 0 bridgehead atoms. The zero-order valence-corrected chi connectivity index (χ0v) is 24.6. The van der Waals surface area contributed by atoms with E-state index in [-0.39, 0.29) is 23.5 Å². The second-order valence-corrected chi connectivity index (χ2v) is 11.0. The summed E-state index contributed by atoms with van der Waals surface area (Å²) in [7, 11) is 0. The van der Waals surface area contributed by atoms with Gasteiger partial charge < -0.3 is 10.2 Å². The number of aliphatic imine (C=N–C) groups is 1. The number of nitrogens with zero attached hydrogens (tertiary/aromatic N) is 3. The average molecular weight is 589 g/mol. The lowest BCUT2D eigenvalue weighted by Gasteiger charge is -2.34. The third-order valence-corrected chi connectivity index (χ3v) is 8.24. The van der Waals surface area contributed by atoms with Crippen molar-refractivity contribution in [3.05, 3.63) is 160 Å². The van der Waals surface area contributed by atoms with Gasteiger partial charge in [0, 0.05) is 22.5 Å². The highest BCUT2D eigenvalue weighted by Crippen LogP contribution is 2.36. The number of fused-ring (bicyclic) bond motifs is 1. The molecule has 5 aromatic rings. The predicted molar refractivity (Wildman–Crippen MR) is 171 cm³/mol. The van der Waals surface area contributed by atoms with Crippen LogP contribution in [0.5, 0.6) is 0 Å². The Balaban J connectivity index is 1.44. The molecule has 0 fully saturated rings. The van der Waals surface area contributed by atoms with Gasteiger partial charge in [0.1, 0.15) is 17.6 Å². The van der Waals surface area contributed by atoms with Crippen molar-refractivity contribution in [3.63, 3.8) is 0 Å². The van der Waals surface area contributed by atoms with Crippen molar-refractivity contribution in [2.75, 3.05) is 6.54 Å². The fourth-order valence-electron chi connectivity index (χ4n) is 5.44. The van der Waals surface area contributed by atoms with Gasteiger partial charge in [0.2, 0.25) is 0 Å². The molecule has 2 atom stereocenters. The lowest BCUT2D eigenvalue weighted by atomic mass is 9.95. The molecule has 1 amide bonds. The number of carbonyl (C=O) groups excluding carboxylic acids is 1. The Hall–Kier alpha value is -4.81. The summed E-state index contributed by atoms with van der Waals surface area (Å²) in [6.45, 7) is 4.29. The van der Waals surface area contributed by atoms with Gasteiger partial charge in [0.25, 0.3) is 5.91 Å². The number of halogens is 2. The highest BCUT2D eigenvalue weighted by atomic mass is 35.5. The molecule has 43 heavy (non-hydrogen) atoms. The molecule has 0 saturated heterocycles. The maximum Gasteiger partial charge on any atom is 0.254 e. The number of rotatable bonds is 7. The molecule has 0 aliphatic carbocycles. The summed E-state index contributed by atoms with van der Waals surface area (Å²) in [6.07, 6.45) is 1.71. The lowest BCUT2D eigenvalue weighted by molar-refractivity contribution is 0.0707. The van der Waals surface area contributed by atoms with Crippen LogP contribution in [0.15, 0.2) is 132 Å². The largest absolute Gasteiger partial charge is 0.341 e. The quantitative estimate of drug-likeness (QED) is 0.208. The van der Waals surface area contributed by atoms with E-state index in [0.29, 0.717) is 22.7 Å². The molecule has 0 spiro atoms. The molecule has 1 aliphatic heterocycles. The zero-order chi connectivity index (χ0) is 29.9. The highest BCUT2D eigenvalue weighted by Gasteiger charge is 2.30. The third kappa shape index (κ3) is 5.92. The van der Waals surface area contributed by atoms with E-state index in [1.807, 2.05) is 79.4 Å². The standard InChI is InChI=1S/C36H30ClFN4O/c1-23-33(40-35(32-14-8-9-19-39-32)41-34(23)30-18-17-29(38)21-31(30)37)22-42(36(43)26-11-4-3-5-12-26)24(2)27-16-15-25-10-6-7-13-28(25)20-27/h3-21,24,34H,22H2,1-2H3,(H,40,41)/t24-,34?/m0/s1. The van der Waals surface area contributed by atoms with Crippen LogP contribution in [-0.2, 0) is 0 Å². The lowest BCUT2D eigenvalue weighted by Crippen LogP contribution is -2.41. The topological polar surface area (TPSA) is 57.6 Å². The van der Waals surface area contributed by atoms with Crippen LogP contribution >= 0.6 is 11.6 Å². The molecule has 214 valence electrons. The Kier molecular flexibility index (Phi) is 8.03. The number of hydrogen-bond acceptors (Lipinski definition) is 4. The maximum atomic E-state index is 14.2. The molecule has 0 radical (unpaired) electrons. The Morgan fingerprint density at radius 3 is 2.42 bits per heavy atom. The molecule has 1 aromatic heterocycles. The van der Waals surface area contributed by atoms with Crippen molar-refractivity contribution in [1.29, 1.82) is 0 Å². The van der Waals surface area contributed by atoms with Crippen LogP contribution in [0.1, 0.15) is 53.1 Å². The van der Waals surface area contributed by atoms with Crippen LogP contribution in [-0.4, -0.2) is 28.2 Å². The second kappa shape index (κ2) is 12.2. The minimum atomic E-state index is -0.494. The Labute approximate surface area is 255 Å². The third-order valence-electron chi connectivity index (χ3n) is 7.91. The summed E-state index contributed by atoms with van der Waals surface area (Å²) >= 11 is 6.55. The number of pyridine rings is 1. The van der Waals surface area contributed by atoms with Gasteiger partial charge in [0.05, 0.1) is 12.6 Å². The highest BCUT2D eigenvalue weighted by molar-refractivity contribution is 6.31. The fraction of sp³-hybridized carbons (Fsp3) is 0.139. The van der Waals surface area contributed by atoms with Crippen molar-refractivity contribution >= 4 is 34.1 Å². The summed E-state index contributed by atoms with van der Waals surface area (Å²) in [5, 5.41) is 6.02. The van der Waals surface area contributed by atoms with Gasteiger partial charge in [-0.15, -0.1) is 0 Å². The number of aromatic nitrogens is 1. The first-order valence-electron chi connectivity index (χ1n) is 14.1. The molecular formula is C36H30ClFN4O. The molecule has 1 N–H and O–H groups in total. The van der Waals surface area contributed by atoms with Gasteiger partial charge >= 0.3 is 0 Å². The van der Waals surface area contributed by atoms with Gasteiger partial charge in [-0.25, -0.2) is 4.39 Å². The van der Waals surface area contributed by atoms with Crippen molar-refractivity contribution in [2.24, 2.45) is 4.99 Å². The van der Waals surface area contributed by atoms with E-state index in [2.05, 4.69) is 40.6 Å². The average Bonchev–Trinajstić information content (AvgIpc) is 3.04. The summed E-state index contributed by atoms with van der Waals surface area (Å²) in [5.41, 5.74) is 4.63. The van der Waals surface area contributed by atoms with Gasteiger partial charge in [0.15, 0.2) is 5.84 Å². The van der Waals surface area contributed by atoms with E-state index < -0.39 is 11.9 Å². The van der Waals surface area contributed by atoms with E-state index in [4.69, 9.17) is 16.6 Å². The first-order chi connectivity index (χ1) is 20.9. The van der Waals surface area contributed by atoms with E-state index in [1.54, 1.807) is 12.3 Å². The van der Waals surface area contributed by atoms with Gasteiger partial charge in [-0.1, -0.05) is 78.3 Å². The van der Waals surface area contributed by atoms with E-state index in [1.165, 1.54) is 12.1 Å². The molecule has 1 unspecified atom stereocenters. The van der Waals surface area contributed by atoms with Gasteiger partial charge in [-0.2, -0.15) is 0 Å². The molecule has 4 aromatic carbocycles. The summed E-state index contributed by atoms with van der Waals surface area (Å²) in [6, 6.07) is 33.0. The number of hydrogen-bond donors (Lipinski definition) is 1. The van der Waals surface area contributed by atoms with Crippen molar-refractivity contribution in [2.45, 2.75) is 25.9 Å². The van der Waals surface area contributed by atoms with Crippen molar-refractivity contribution in [1.82, 2.24) is 15.2 Å². The normalized spacial score (nSPS) is 15.5. The number of amides is 1. The monoisotopic (exact) mass is 588 g/mol. The fourth-order valence-corrected chi connectivity index (χ4v) is 5.71. The summed E-state index contributed by atoms with van der Waals surface area (Å²) < 4.78 is 14.0. The minimum Gasteiger partial charge on any atom is -0.341 e. The Morgan fingerprint density at radius 1 is 0.930 bits per heavy atom. The van der Waals surface area contributed by atoms with Crippen LogP contribution in [0.2, 0.25) is 5.02 Å². The van der Waals surface area contributed by atoms with Crippen LogP contribution in [0.3, 0.4) is 0 Å². The number of benzene rings is 4. The van der Waals surface area contributed by atoms with E-state index in [9.17, 15) is 9.18 Å². The molecule has 1 aliphatic rings. The van der Waals surface area contributed by atoms with Gasteiger partial charge in [-0.3, -0.25) is 14.8 Å². The summed E-state index contributed by atoms with van der Waals surface area (Å²) in [5.74, 6) is 0.0426. The molecule has 2 heterocycles. The van der Waals surface area contributed by atoms with Crippen LogP contribution in [0, 0.1) is 5.82 Å². The molecule has 5 nitrogen and oxygen atoms in total. The van der Waals surface area contributed by atoms with Crippen molar-refractivity contribution in [3.8, 4) is 0 Å². The van der Waals surface area contributed by atoms with Gasteiger partial charge in [-0.05, 0) is 83.8 Å². The molecular weight excluding hydrogens is 559 g/mol. The summed E-state index contributed by atoms with van der Waals surface area (Å²) in [4.78, 5) is 25.5. The SMILES string of the molecule is CC1=C(CN(C(=O)c2ccccc2)[C@@H](C)c2ccc3ccccc3c2)NC(c2ccccn2)=NC1c1ccc(F)cc1Cl. The maximum absolute atomic E-state index is 14.2. The van der Waals surface area contributed by atoms with Crippen molar-refractivity contribution < 1.29 is 9.18 Å². The first-order valence-corrected chi connectivity index (χ1v) is 14.5. The van der Waals surface area contributed by atoms with Crippen LogP contribution in [0.4, 0.5) is 4.39 Å². The smallest absolute Gasteiger partial charge is 0.254 e. The minimum absolute atomic E-state index is 0.0957. The number of amidine groups is 1. The Morgan fingerprint density at radius 2 is 1.67 bits per heavy atom. The first kappa shape index (κ1) is 28.3. The number of carbonyl (C=O) groups is 1. The van der Waals surface area contributed by atoms with E-state index in [0.717, 1.165) is 27.6 Å². The number of nitrogens with one attached hydrogen (secondary N) is 1.